The molecule has 0 aliphatic carbocycles. The van der Waals surface area contributed by atoms with Gasteiger partial charge in [0.2, 0.25) is 5.91 Å². The van der Waals surface area contributed by atoms with Gasteiger partial charge in [0.05, 0.1) is 0 Å². The number of rotatable bonds is 3. The SMILES string of the molecule is CC(=O)N1CCC[C@H]1C(=O)ON(C(=O)OC(C)(C)C)S(=O)(=O)c1ccccc1Br. The monoisotopic (exact) mass is 490 g/mol. The molecule has 0 N–H and O–H groups in total. The first-order valence-electron chi connectivity index (χ1n) is 8.86. The van der Waals surface area contributed by atoms with E-state index in [1.807, 2.05) is 0 Å². The van der Waals surface area contributed by atoms with Crippen LogP contribution in [0, 0.1) is 0 Å². The molecule has 1 aliphatic heterocycles. The lowest BCUT2D eigenvalue weighted by molar-refractivity contribution is -0.173. The highest BCUT2D eigenvalue weighted by atomic mass is 79.9. The van der Waals surface area contributed by atoms with E-state index in [0.29, 0.717) is 19.4 Å². The first-order chi connectivity index (χ1) is 13.3. The van der Waals surface area contributed by atoms with E-state index < -0.39 is 33.7 Å². The van der Waals surface area contributed by atoms with E-state index in [4.69, 9.17) is 9.57 Å². The first-order valence-corrected chi connectivity index (χ1v) is 11.1. The third kappa shape index (κ3) is 5.47. The lowest BCUT2D eigenvalue weighted by Gasteiger charge is -2.28. The summed E-state index contributed by atoms with van der Waals surface area (Å²) in [4.78, 5) is 43.0. The van der Waals surface area contributed by atoms with Crippen LogP contribution < -0.4 is 0 Å². The Balaban J connectivity index is 2.40. The molecule has 1 heterocycles. The highest BCUT2D eigenvalue weighted by Crippen LogP contribution is 2.27. The molecular weight excluding hydrogens is 468 g/mol. The van der Waals surface area contributed by atoms with Gasteiger partial charge in [-0.15, -0.1) is 0 Å². The summed E-state index contributed by atoms with van der Waals surface area (Å²) in [5.74, 6) is -1.37. The second-order valence-corrected chi connectivity index (χ2v) is 10.00. The van der Waals surface area contributed by atoms with Crippen molar-refractivity contribution in [2.24, 2.45) is 0 Å². The minimum atomic E-state index is -4.60. The summed E-state index contributed by atoms with van der Waals surface area (Å²) in [6, 6.07) is 4.79. The zero-order valence-electron chi connectivity index (χ0n) is 16.5. The Morgan fingerprint density at radius 2 is 1.83 bits per heavy atom. The van der Waals surface area contributed by atoms with Gasteiger partial charge < -0.3 is 14.5 Å². The van der Waals surface area contributed by atoms with Gasteiger partial charge in [-0.2, -0.15) is 8.42 Å². The lowest BCUT2D eigenvalue weighted by Crippen LogP contribution is -2.47. The van der Waals surface area contributed by atoms with Crippen LogP contribution in [0.2, 0.25) is 0 Å². The second kappa shape index (κ2) is 8.70. The Labute approximate surface area is 178 Å². The minimum Gasteiger partial charge on any atom is -0.441 e. The standard InChI is InChI=1S/C18H23BrN2O7S/c1-12(22)20-11-7-9-14(20)16(23)28-21(17(24)27-18(2,3)4)29(25,26)15-10-6-5-8-13(15)19/h5-6,8,10,14H,7,9,11H2,1-4H3/t14-/m0/s1. The van der Waals surface area contributed by atoms with Crippen LogP contribution in [0.4, 0.5) is 4.79 Å². The van der Waals surface area contributed by atoms with E-state index in [0.717, 1.165) is 0 Å². The van der Waals surface area contributed by atoms with Gasteiger partial charge in [-0.1, -0.05) is 12.1 Å². The van der Waals surface area contributed by atoms with Crippen LogP contribution in [0.15, 0.2) is 33.6 Å². The Kier molecular flexibility index (Phi) is 6.94. The number of carbonyl (C=O) groups is 3. The topological polar surface area (TPSA) is 110 Å². The van der Waals surface area contributed by atoms with Gasteiger partial charge in [0, 0.05) is 17.9 Å². The molecule has 1 fully saturated rings. The predicted molar refractivity (Wildman–Crippen MR) is 106 cm³/mol. The molecule has 1 aromatic rings. The van der Waals surface area contributed by atoms with Crippen molar-refractivity contribution < 1.29 is 32.4 Å². The summed E-state index contributed by atoms with van der Waals surface area (Å²) in [5, 5.41) is 0. The molecular formula is C18H23BrN2O7S. The molecule has 0 radical (unpaired) electrons. The normalized spacial score (nSPS) is 17.0. The number of halogens is 1. The highest BCUT2D eigenvalue weighted by Gasteiger charge is 2.42. The molecule has 9 nitrogen and oxygen atoms in total. The van der Waals surface area contributed by atoms with Gasteiger partial charge in [-0.25, -0.2) is 9.59 Å². The fourth-order valence-electron chi connectivity index (χ4n) is 2.76. The summed E-state index contributed by atoms with van der Waals surface area (Å²) in [5.41, 5.74) is -1.04. The summed E-state index contributed by atoms with van der Waals surface area (Å²) >= 11 is 3.12. The smallest absolute Gasteiger partial charge is 0.441 e. The maximum atomic E-state index is 13.1. The van der Waals surface area contributed by atoms with Crippen molar-refractivity contribution in [1.29, 1.82) is 0 Å². The number of benzene rings is 1. The van der Waals surface area contributed by atoms with E-state index in [1.54, 1.807) is 26.8 Å². The third-order valence-corrected chi connectivity index (χ3v) is 6.50. The Bertz CT molecular complexity index is 911. The molecule has 160 valence electrons. The van der Waals surface area contributed by atoms with Gasteiger partial charge in [0.15, 0.2) is 0 Å². The number of hydrogen-bond donors (Lipinski definition) is 0. The Morgan fingerprint density at radius 3 is 2.38 bits per heavy atom. The first kappa shape index (κ1) is 23.1. The maximum Gasteiger partial charge on any atom is 0.459 e. The van der Waals surface area contributed by atoms with Gasteiger partial charge in [-0.3, -0.25) is 4.79 Å². The molecule has 0 spiro atoms. The van der Waals surface area contributed by atoms with E-state index in [1.165, 1.54) is 30.0 Å². The van der Waals surface area contributed by atoms with Crippen molar-refractivity contribution in [3.8, 4) is 0 Å². The van der Waals surface area contributed by atoms with Crippen molar-refractivity contribution in [2.75, 3.05) is 6.54 Å². The third-order valence-electron chi connectivity index (χ3n) is 3.98. The molecule has 1 aromatic carbocycles. The van der Waals surface area contributed by atoms with E-state index in [-0.39, 0.29) is 19.7 Å². The van der Waals surface area contributed by atoms with Crippen molar-refractivity contribution >= 4 is 43.9 Å². The molecule has 2 amide bonds. The number of sulfonamides is 1. The van der Waals surface area contributed by atoms with Crippen molar-refractivity contribution in [3.05, 3.63) is 28.7 Å². The van der Waals surface area contributed by atoms with Crippen LogP contribution in [0.25, 0.3) is 0 Å². The predicted octanol–water partition coefficient (Wildman–Crippen LogP) is 2.84. The average Bonchev–Trinajstić information content (AvgIpc) is 3.08. The molecule has 2 rings (SSSR count). The number of hydrogen-bond acceptors (Lipinski definition) is 7. The fraction of sp³-hybridized carbons (Fsp3) is 0.500. The van der Waals surface area contributed by atoms with Crippen LogP contribution in [0.5, 0.6) is 0 Å². The zero-order valence-corrected chi connectivity index (χ0v) is 18.9. The number of hydroxylamine groups is 1. The summed E-state index contributed by atoms with van der Waals surface area (Å²) in [7, 11) is -4.60. The molecule has 0 aromatic heterocycles. The molecule has 29 heavy (non-hydrogen) atoms. The fourth-order valence-corrected chi connectivity index (χ4v) is 4.81. The molecule has 1 aliphatic rings. The van der Waals surface area contributed by atoms with Crippen LogP contribution >= 0.6 is 15.9 Å². The van der Waals surface area contributed by atoms with Crippen LogP contribution in [0.3, 0.4) is 0 Å². The van der Waals surface area contributed by atoms with Crippen LogP contribution in [0.1, 0.15) is 40.5 Å². The zero-order chi connectivity index (χ0) is 22.0. The quantitative estimate of drug-likeness (QED) is 0.598. The molecule has 0 saturated carbocycles. The van der Waals surface area contributed by atoms with E-state index >= 15 is 0 Å². The number of ether oxygens (including phenoxy) is 1. The average molecular weight is 491 g/mol. The lowest BCUT2D eigenvalue weighted by atomic mass is 10.2. The summed E-state index contributed by atoms with van der Waals surface area (Å²) in [6.07, 6.45) is -0.507. The van der Waals surface area contributed by atoms with Gasteiger partial charge in [0.1, 0.15) is 16.5 Å². The number of likely N-dealkylation sites (tertiary alicyclic amines) is 1. The van der Waals surface area contributed by atoms with Crippen LogP contribution in [-0.2, 0) is 29.2 Å². The minimum absolute atomic E-state index is 0.0582. The molecule has 0 unspecified atom stereocenters. The molecule has 11 heteroatoms. The summed E-state index contributed by atoms with van der Waals surface area (Å²) in [6.45, 7) is 6.28. The summed E-state index contributed by atoms with van der Waals surface area (Å²) < 4.78 is 31.4. The van der Waals surface area contributed by atoms with Gasteiger partial charge in [-0.05, 0) is 66.1 Å². The Hall–Kier alpha value is -2.14. The van der Waals surface area contributed by atoms with E-state index in [2.05, 4.69) is 15.9 Å². The molecule has 1 atom stereocenters. The highest BCUT2D eigenvalue weighted by molar-refractivity contribution is 9.10. The van der Waals surface area contributed by atoms with Gasteiger partial charge >= 0.3 is 22.1 Å². The van der Waals surface area contributed by atoms with Crippen molar-refractivity contribution in [3.63, 3.8) is 0 Å². The van der Waals surface area contributed by atoms with Crippen LogP contribution in [-0.4, -0.2) is 53.9 Å². The largest absolute Gasteiger partial charge is 0.459 e. The molecule has 1 saturated heterocycles. The van der Waals surface area contributed by atoms with E-state index in [9.17, 15) is 22.8 Å². The number of carbonyl (C=O) groups excluding carboxylic acids is 3. The molecule has 0 bridgehead atoms. The van der Waals surface area contributed by atoms with Gasteiger partial charge in [0.25, 0.3) is 0 Å². The number of amides is 2. The maximum absolute atomic E-state index is 13.1. The second-order valence-electron chi connectivity index (χ2n) is 7.42. The number of nitrogens with zero attached hydrogens (tertiary/aromatic N) is 2. The van der Waals surface area contributed by atoms with Crippen molar-refractivity contribution in [2.45, 2.75) is 57.1 Å². The van der Waals surface area contributed by atoms with Crippen molar-refractivity contribution in [1.82, 2.24) is 9.37 Å². The Morgan fingerprint density at radius 1 is 1.21 bits per heavy atom.